The lowest BCUT2D eigenvalue weighted by Crippen LogP contribution is -2.46. The predicted molar refractivity (Wildman–Crippen MR) is 90.6 cm³/mol. The molecule has 2 nitrogen and oxygen atoms in total. The molecule has 1 aliphatic carbocycles. The standard InChI is InChI=1S/C16H26BrNOS/c1-3-19-16(12-7-5-4-6-8-12)14(18-2)11-13-9-10-15(17)20-13/h9-10,12,14,16,18H,3-8,11H2,1-2H3. The van der Waals surface area contributed by atoms with E-state index in [9.17, 15) is 0 Å². The zero-order valence-corrected chi connectivity index (χ0v) is 14.9. The summed E-state index contributed by atoms with van der Waals surface area (Å²) in [6.07, 6.45) is 8.22. The van der Waals surface area contributed by atoms with Crippen LogP contribution in [-0.2, 0) is 11.2 Å². The molecule has 0 saturated heterocycles. The molecule has 20 heavy (non-hydrogen) atoms. The third kappa shape index (κ3) is 4.55. The molecule has 4 heteroatoms. The van der Waals surface area contributed by atoms with E-state index >= 15 is 0 Å². The van der Waals surface area contributed by atoms with E-state index in [2.05, 4.69) is 47.4 Å². The van der Waals surface area contributed by atoms with E-state index in [1.54, 1.807) is 0 Å². The molecule has 1 saturated carbocycles. The monoisotopic (exact) mass is 359 g/mol. The van der Waals surface area contributed by atoms with E-state index in [4.69, 9.17) is 4.74 Å². The van der Waals surface area contributed by atoms with Crippen molar-refractivity contribution in [3.8, 4) is 0 Å². The molecule has 0 amide bonds. The van der Waals surface area contributed by atoms with Crippen LogP contribution in [0.25, 0.3) is 0 Å². The van der Waals surface area contributed by atoms with E-state index in [1.165, 1.54) is 40.8 Å². The van der Waals surface area contributed by atoms with Gasteiger partial charge in [0.15, 0.2) is 0 Å². The Morgan fingerprint density at radius 3 is 2.65 bits per heavy atom. The summed E-state index contributed by atoms with van der Waals surface area (Å²) in [6.45, 7) is 2.93. The Balaban J connectivity index is 2.03. The molecule has 1 N–H and O–H groups in total. The summed E-state index contributed by atoms with van der Waals surface area (Å²) < 4.78 is 7.36. The highest BCUT2D eigenvalue weighted by Gasteiger charge is 2.30. The van der Waals surface area contributed by atoms with Gasteiger partial charge in [-0.25, -0.2) is 0 Å². The van der Waals surface area contributed by atoms with E-state index in [0.717, 1.165) is 18.9 Å². The minimum atomic E-state index is 0.353. The SMILES string of the molecule is CCOC(C1CCCCC1)C(Cc1ccc(Br)s1)NC. The van der Waals surface area contributed by atoms with Crippen molar-refractivity contribution in [3.05, 3.63) is 20.8 Å². The van der Waals surface area contributed by atoms with Gasteiger partial charge in [-0.2, -0.15) is 0 Å². The van der Waals surface area contributed by atoms with E-state index in [0.29, 0.717) is 12.1 Å². The van der Waals surface area contributed by atoms with Crippen molar-refractivity contribution in [1.29, 1.82) is 0 Å². The van der Waals surface area contributed by atoms with Crippen molar-refractivity contribution in [2.45, 2.75) is 57.6 Å². The Labute approximate surface area is 135 Å². The quantitative estimate of drug-likeness (QED) is 0.766. The van der Waals surface area contributed by atoms with E-state index in [-0.39, 0.29) is 0 Å². The van der Waals surface area contributed by atoms with Crippen LogP contribution in [0.15, 0.2) is 15.9 Å². The highest BCUT2D eigenvalue weighted by Crippen LogP contribution is 2.31. The summed E-state index contributed by atoms with van der Waals surface area (Å²) in [5, 5.41) is 3.51. The zero-order valence-electron chi connectivity index (χ0n) is 12.5. The Hall–Kier alpha value is 0.1000. The van der Waals surface area contributed by atoms with Crippen LogP contribution in [0.1, 0.15) is 43.9 Å². The van der Waals surface area contributed by atoms with Crippen LogP contribution in [-0.4, -0.2) is 25.8 Å². The molecule has 0 spiro atoms. The van der Waals surface area contributed by atoms with E-state index < -0.39 is 0 Å². The van der Waals surface area contributed by atoms with Gasteiger partial charge >= 0.3 is 0 Å². The van der Waals surface area contributed by atoms with Gasteiger partial charge in [0.1, 0.15) is 0 Å². The van der Waals surface area contributed by atoms with Crippen molar-refractivity contribution in [2.75, 3.05) is 13.7 Å². The minimum Gasteiger partial charge on any atom is -0.377 e. The number of hydrogen-bond acceptors (Lipinski definition) is 3. The summed E-state index contributed by atoms with van der Waals surface area (Å²) in [5.41, 5.74) is 0. The number of likely N-dealkylation sites (N-methyl/N-ethyl adjacent to an activating group) is 1. The molecule has 1 aromatic heterocycles. The van der Waals surface area contributed by atoms with Crippen molar-refractivity contribution >= 4 is 27.3 Å². The highest BCUT2D eigenvalue weighted by atomic mass is 79.9. The first-order valence-electron chi connectivity index (χ1n) is 7.77. The number of rotatable bonds is 7. The van der Waals surface area contributed by atoms with Gasteiger partial charge in [-0.1, -0.05) is 19.3 Å². The Morgan fingerprint density at radius 1 is 1.35 bits per heavy atom. The first-order valence-corrected chi connectivity index (χ1v) is 9.38. The maximum atomic E-state index is 6.14. The van der Waals surface area contributed by atoms with Crippen LogP contribution in [0.2, 0.25) is 0 Å². The van der Waals surface area contributed by atoms with Gasteiger partial charge in [0.25, 0.3) is 0 Å². The van der Waals surface area contributed by atoms with Gasteiger partial charge in [0.05, 0.1) is 9.89 Å². The van der Waals surface area contributed by atoms with Crippen LogP contribution in [0.3, 0.4) is 0 Å². The molecule has 0 radical (unpaired) electrons. The maximum absolute atomic E-state index is 6.14. The lowest BCUT2D eigenvalue weighted by Gasteiger charge is -2.35. The van der Waals surface area contributed by atoms with Crippen molar-refractivity contribution in [3.63, 3.8) is 0 Å². The Kier molecular flexibility index (Phi) is 7.02. The van der Waals surface area contributed by atoms with Gasteiger partial charge in [0, 0.05) is 17.5 Å². The number of ether oxygens (including phenoxy) is 1. The number of thiophene rings is 1. The maximum Gasteiger partial charge on any atom is 0.0759 e. The lowest BCUT2D eigenvalue weighted by molar-refractivity contribution is -0.0157. The minimum absolute atomic E-state index is 0.353. The molecular weight excluding hydrogens is 334 g/mol. The largest absolute Gasteiger partial charge is 0.377 e. The summed E-state index contributed by atoms with van der Waals surface area (Å²) >= 11 is 5.39. The fourth-order valence-electron chi connectivity index (χ4n) is 3.30. The lowest BCUT2D eigenvalue weighted by atomic mass is 9.81. The molecule has 0 aliphatic heterocycles. The first-order chi connectivity index (χ1) is 9.74. The fraction of sp³-hybridized carbons (Fsp3) is 0.750. The molecule has 0 bridgehead atoms. The van der Waals surface area contributed by atoms with E-state index in [1.807, 2.05) is 11.3 Å². The summed E-state index contributed by atoms with van der Waals surface area (Å²) in [5.74, 6) is 0.726. The number of hydrogen-bond donors (Lipinski definition) is 1. The third-order valence-corrected chi connectivity index (χ3v) is 5.94. The second kappa shape index (κ2) is 8.52. The molecule has 1 fully saturated rings. The molecule has 2 unspecified atom stereocenters. The van der Waals surface area contributed by atoms with Gasteiger partial charge in [-0.05, 0) is 67.2 Å². The molecule has 2 rings (SSSR count). The molecule has 0 aromatic carbocycles. The Morgan fingerprint density at radius 2 is 2.10 bits per heavy atom. The summed E-state index contributed by atoms with van der Waals surface area (Å²) in [4.78, 5) is 1.43. The molecule has 1 aromatic rings. The Bertz CT molecular complexity index is 390. The summed E-state index contributed by atoms with van der Waals surface area (Å²) in [6, 6.07) is 4.79. The first kappa shape index (κ1) is 16.5. The zero-order chi connectivity index (χ0) is 14.4. The predicted octanol–water partition coefficient (Wildman–Crippen LogP) is 4.63. The molecular formula is C16H26BrNOS. The normalized spacial score (nSPS) is 19.9. The average Bonchev–Trinajstić information content (AvgIpc) is 2.89. The highest BCUT2D eigenvalue weighted by molar-refractivity contribution is 9.11. The van der Waals surface area contributed by atoms with Gasteiger partial charge in [-0.3, -0.25) is 0 Å². The van der Waals surface area contributed by atoms with Crippen molar-refractivity contribution < 1.29 is 4.74 Å². The second-order valence-electron chi connectivity index (χ2n) is 5.62. The summed E-state index contributed by atoms with van der Waals surface area (Å²) in [7, 11) is 2.07. The van der Waals surface area contributed by atoms with Crippen molar-refractivity contribution in [1.82, 2.24) is 5.32 Å². The topological polar surface area (TPSA) is 21.3 Å². The molecule has 2 atom stereocenters. The fourth-order valence-corrected chi connectivity index (χ4v) is 4.84. The smallest absolute Gasteiger partial charge is 0.0759 e. The van der Waals surface area contributed by atoms with Crippen LogP contribution in [0, 0.1) is 5.92 Å². The van der Waals surface area contributed by atoms with Crippen molar-refractivity contribution in [2.24, 2.45) is 5.92 Å². The van der Waals surface area contributed by atoms with Gasteiger partial charge < -0.3 is 10.1 Å². The number of halogens is 1. The second-order valence-corrected chi connectivity index (χ2v) is 8.17. The average molecular weight is 360 g/mol. The van der Waals surface area contributed by atoms with Crippen LogP contribution < -0.4 is 5.32 Å². The van der Waals surface area contributed by atoms with Crippen LogP contribution in [0.4, 0.5) is 0 Å². The molecule has 1 aliphatic rings. The van der Waals surface area contributed by atoms with Crippen LogP contribution in [0.5, 0.6) is 0 Å². The third-order valence-electron chi connectivity index (χ3n) is 4.29. The molecule has 1 heterocycles. The molecule has 114 valence electrons. The van der Waals surface area contributed by atoms with Gasteiger partial charge in [0.2, 0.25) is 0 Å². The van der Waals surface area contributed by atoms with Crippen LogP contribution >= 0.6 is 27.3 Å². The van der Waals surface area contributed by atoms with Gasteiger partial charge in [-0.15, -0.1) is 11.3 Å². The number of nitrogens with one attached hydrogen (secondary N) is 1.